The molecule has 4 atom stereocenters. The Kier molecular flexibility index (Phi) is 20.6. The van der Waals surface area contributed by atoms with Gasteiger partial charge in [0.15, 0.2) is 0 Å². The molecule has 5 N–H and O–H groups in total. The van der Waals surface area contributed by atoms with Crippen LogP contribution in [0.4, 0.5) is 0 Å². The van der Waals surface area contributed by atoms with Gasteiger partial charge < -0.3 is 25.9 Å². The first kappa shape index (κ1) is 38.9. The topological polar surface area (TPSA) is 145 Å². The van der Waals surface area contributed by atoms with Crippen molar-refractivity contribution in [2.75, 3.05) is 13.7 Å². The van der Waals surface area contributed by atoms with E-state index >= 15 is 0 Å². The number of benzene rings is 2. The number of rotatable bonds is 9. The molecule has 0 heterocycles. The minimum Gasteiger partial charge on any atom is -0.870 e. The summed E-state index contributed by atoms with van der Waals surface area (Å²) in [5, 5.41) is 15.9. The molecule has 0 aliphatic heterocycles. The third-order valence-electron chi connectivity index (χ3n) is 6.56. The van der Waals surface area contributed by atoms with Crippen LogP contribution in [0.25, 0.3) is 12.2 Å². The molecule has 2 aromatic rings. The Balaban J connectivity index is 0. The van der Waals surface area contributed by atoms with Gasteiger partial charge in [-0.25, -0.2) is 0 Å². The van der Waals surface area contributed by atoms with Crippen molar-refractivity contribution in [1.82, 2.24) is 0 Å². The number of carbonyl (C=O) groups is 2. The molecule has 0 radical (unpaired) electrons. The molecule has 2 saturated carbocycles. The number of carboxylic acids is 1. The number of aliphatic hydroxyl groups is 1. The number of allylic oxidation sites excluding steroid dienone is 2. The number of hydrogen-bond donors (Lipinski definition) is 2. The molecule has 2 fully saturated rings. The zero-order chi connectivity index (χ0) is 26.5. The number of aliphatic hydroxyl groups excluding tert-OH is 1. The molecule has 0 aromatic heterocycles. The second-order valence-electron chi connectivity index (χ2n) is 8.95. The molecule has 210 valence electrons. The number of esters is 1. The molecule has 0 spiro atoms. The smallest absolute Gasteiger partial charge is 0.870 e. The maximum Gasteiger partial charge on any atom is 1.00 e. The van der Waals surface area contributed by atoms with E-state index in [-0.39, 0.29) is 64.2 Å². The van der Waals surface area contributed by atoms with Gasteiger partial charge in [0.1, 0.15) is 0 Å². The second-order valence-corrected chi connectivity index (χ2v) is 8.95. The van der Waals surface area contributed by atoms with Crippen LogP contribution in [-0.2, 0) is 14.3 Å². The van der Waals surface area contributed by atoms with Crippen LogP contribution in [-0.4, -0.2) is 46.8 Å². The molecule has 0 saturated heterocycles. The summed E-state index contributed by atoms with van der Waals surface area (Å²) >= 11 is 0. The number of ether oxygens (including phenoxy) is 1. The van der Waals surface area contributed by atoms with Crippen LogP contribution in [0.5, 0.6) is 0 Å². The molecule has 4 rings (SSSR count). The molecule has 0 bridgehead atoms. The average molecular weight is 551 g/mol. The quantitative estimate of drug-likeness (QED) is 0.362. The van der Waals surface area contributed by atoms with Crippen LogP contribution in [0.1, 0.15) is 57.6 Å². The molecule has 2 aliphatic rings. The van der Waals surface area contributed by atoms with Crippen LogP contribution < -0.4 is 29.6 Å². The fourth-order valence-electron chi connectivity index (χ4n) is 4.46. The van der Waals surface area contributed by atoms with Crippen molar-refractivity contribution in [3.63, 3.8) is 0 Å². The Labute approximate surface area is 254 Å². The molecule has 4 unspecified atom stereocenters. The van der Waals surface area contributed by atoms with E-state index in [1.807, 2.05) is 55.5 Å². The number of hydrogen-bond acceptors (Lipinski definition) is 5. The second kappa shape index (κ2) is 20.6. The Morgan fingerprint density at radius 2 is 1.15 bits per heavy atom. The van der Waals surface area contributed by atoms with Gasteiger partial charge in [-0.05, 0) is 55.6 Å². The molecular weight excluding hydrogens is 507 g/mol. The predicted molar refractivity (Wildman–Crippen MR) is 151 cm³/mol. The van der Waals surface area contributed by atoms with Gasteiger partial charge >= 0.3 is 41.5 Å². The molecular formula is C31H43NaO7. The van der Waals surface area contributed by atoms with Gasteiger partial charge in [0.2, 0.25) is 0 Å². The van der Waals surface area contributed by atoms with Crippen molar-refractivity contribution in [1.29, 1.82) is 0 Å². The van der Waals surface area contributed by atoms with Crippen molar-refractivity contribution in [3.05, 3.63) is 82.9 Å². The largest absolute Gasteiger partial charge is 1.00 e. The number of aliphatic carboxylic acids is 1. The fourth-order valence-corrected chi connectivity index (χ4v) is 4.46. The molecule has 2 aliphatic carbocycles. The summed E-state index contributed by atoms with van der Waals surface area (Å²) in [5.41, 5.74) is 5.00. The SMILES string of the molecule is CC/C(=C\c1ccccc1)C1CC1C(=O)O.CCOC(=O)C1CC1/C(=C/c1ccccc1)CC.CO.O.[Na+].[OH-]. The van der Waals surface area contributed by atoms with E-state index in [1.54, 1.807) is 0 Å². The van der Waals surface area contributed by atoms with Gasteiger partial charge in [-0.3, -0.25) is 9.59 Å². The van der Waals surface area contributed by atoms with Crippen molar-refractivity contribution in [2.45, 2.75) is 46.5 Å². The predicted octanol–water partition coefficient (Wildman–Crippen LogP) is 2.49. The minimum atomic E-state index is -0.655. The minimum absolute atomic E-state index is 0. The van der Waals surface area contributed by atoms with Crippen LogP contribution in [0.3, 0.4) is 0 Å². The van der Waals surface area contributed by atoms with E-state index in [2.05, 4.69) is 38.1 Å². The first-order chi connectivity index (χ1) is 17.5. The zero-order valence-corrected chi connectivity index (χ0v) is 25.8. The van der Waals surface area contributed by atoms with Crippen LogP contribution in [0.2, 0.25) is 0 Å². The summed E-state index contributed by atoms with van der Waals surface area (Å²) in [7, 11) is 1.00. The summed E-state index contributed by atoms with van der Waals surface area (Å²) in [6, 6.07) is 20.4. The maximum atomic E-state index is 11.6. The van der Waals surface area contributed by atoms with Crippen LogP contribution in [0, 0.1) is 23.7 Å². The van der Waals surface area contributed by atoms with Crippen LogP contribution in [0.15, 0.2) is 71.8 Å². The van der Waals surface area contributed by atoms with Crippen molar-refractivity contribution >= 4 is 24.1 Å². The molecule has 39 heavy (non-hydrogen) atoms. The van der Waals surface area contributed by atoms with E-state index in [9.17, 15) is 9.59 Å². The van der Waals surface area contributed by atoms with E-state index in [0.29, 0.717) is 12.5 Å². The van der Waals surface area contributed by atoms with Crippen molar-refractivity contribution in [3.8, 4) is 0 Å². The van der Waals surface area contributed by atoms with Crippen LogP contribution >= 0.6 is 0 Å². The van der Waals surface area contributed by atoms with Gasteiger partial charge in [-0.15, -0.1) is 0 Å². The maximum absolute atomic E-state index is 11.6. The zero-order valence-electron chi connectivity index (χ0n) is 23.8. The van der Waals surface area contributed by atoms with Gasteiger partial charge in [-0.1, -0.05) is 97.8 Å². The van der Waals surface area contributed by atoms with Crippen molar-refractivity contribution in [2.24, 2.45) is 23.7 Å². The monoisotopic (exact) mass is 550 g/mol. The first-order valence-corrected chi connectivity index (χ1v) is 12.8. The number of carbonyl (C=O) groups excluding carboxylic acids is 1. The molecule has 7 nitrogen and oxygen atoms in total. The number of carboxylic acid groups (broad SMARTS) is 1. The van der Waals surface area contributed by atoms with Gasteiger partial charge in [-0.2, -0.15) is 0 Å². The fraction of sp³-hybridized carbons (Fsp3) is 0.419. The Hall–Kier alpha value is -2.26. The average Bonchev–Trinajstić information content (AvgIpc) is 3.83. The van der Waals surface area contributed by atoms with Gasteiger partial charge in [0.25, 0.3) is 0 Å². The van der Waals surface area contributed by atoms with E-state index in [4.69, 9.17) is 14.9 Å². The Bertz CT molecular complexity index is 1020. The summed E-state index contributed by atoms with van der Waals surface area (Å²) in [6.07, 6.45) is 8.03. The third kappa shape index (κ3) is 12.6. The first-order valence-electron chi connectivity index (χ1n) is 12.8. The van der Waals surface area contributed by atoms with E-state index in [1.165, 1.54) is 16.7 Å². The Morgan fingerprint density at radius 1 is 0.769 bits per heavy atom. The Morgan fingerprint density at radius 3 is 1.49 bits per heavy atom. The summed E-state index contributed by atoms with van der Waals surface area (Å²) < 4.78 is 5.07. The summed E-state index contributed by atoms with van der Waals surface area (Å²) in [5.74, 6) is -0.0703. The third-order valence-corrected chi connectivity index (χ3v) is 6.56. The molecule has 2 aromatic carbocycles. The normalized spacial score (nSPS) is 20.5. The molecule has 0 amide bonds. The van der Waals surface area contributed by atoms with E-state index in [0.717, 1.165) is 38.4 Å². The van der Waals surface area contributed by atoms with Gasteiger partial charge in [0, 0.05) is 7.11 Å². The molecule has 8 heteroatoms. The van der Waals surface area contributed by atoms with E-state index < -0.39 is 5.97 Å². The summed E-state index contributed by atoms with van der Waals surface area (Å²) in [6.45, 7) is 6.57. The summed E-state index contributed by atoms with van der Waals surface area (Å²) in [4.78, 5) is 22.5. The standard InChI is InChI=1S/C16H20O2.C14H16O2.CH4O.Na.2H2O/c1-3-13(10-12-8-6-5-7-9-12)14-11-15(14)16(17)18-4-2;1-2-11(12-9-13(12)14(15)16)8-10-6-4-3-5-7-10;1-2;;;/h5-10,14-15H,3-4,11H2,1-2H3;3-8,12-13H,2,9H2,1H3,(H,15,16);2H,1H3;;2*1H2/q;;;+1;;/p-1/b13-10+;11-8+;;;;. The van der Waals surface area contributed by atoms with Crippen molar-refractivity contribution < 1.29 is 65.0 Å². The van der Waals surface area contributed by atoms with Gasteiger partial charge in [0.05, 0.1) is 18.4 Å².